The number of anilines is 1. The predicted molar refractivity (Wildman–Crippen MR) is 128 cm³/mol. The lowest BCUT2D eigenvalue weighted by Crippen LogP contribution is -2.48. The Kier molecular flexibility index (Phi) is 9.10. The normalized spacial score (nSPS) is 14.9. The molecule has 1 atom stereocenters. The zero-order valence-electron chi connectivity index (χ0n) is 19.5. The lowest BCUT2D eigenvalue weighted by atomic mass is 9.84. The van der Waals surface area contributed by atoms with Crippen LogP contribution in [0.5, 0.6) is 5.75 Å². The van der Waals surface area contributed by atoms with Crippen LogP contribution in [0.4, 0.5) is 10.1 Å². The van der Waals surface area contributed by atoms with E-state index in [4.69, 9.17) is 4.74 Å². The standard InChI is InChI=1S/C26H34FN3O3/c1-18-22(9-6-10-23(18)27)25(31)30-24(17-19-7-4-3-5-8-19)26(32)29-16-15-28-20-11-13-21(33-2)14-12-20/h6,9-14,19,24,28H,3-5,7-8,15-17H2,1-2H3,(H,29,32)(H,30,31). The summed E-state index contributed by atoms with van der Waals surface area (Å²) in [5, 5.41) is 9.05. The molecule has 3 N–H and O–H groups in total. The van der Waals surface area contributed by atoms with Gasteiger partial charge >= 0.3 is 0 Å². The molecule has 0 heterocycles. The number of halogens is 1. The van der Waals surface area contributed by atoms with Crippen molar-refractivity contribution < 1.29 is 18.7 Å². The first kappa shape index (κ1) is 24.6. The van der Waals surface area contributed by atoms with Gasteiger partial charge in [0.25, 0.3) is 5.91 Å². The van der Waals surface area contributed by atoms with Crippen molar-refractivity contribution in [3.8, 4) is 5.75 Å². The lowest BCUT2D eigenvalue weighted by Gasteiger charge is -2.27. The molecule has 7 heteroatoms. The molecule has 1 unspecified atom stereocenters. The van der Waals surface area contributed by atoms with Crippen LogP contribution >= 0.6 is 0 Å². The molecule has 3 rings (SSSR count). The van der Waals surface area contributed by atoms with Gasteiger partial charge in [-0.25, -0.2) is 4.39 Å². The number of carbonyl (C=O) groups excluding carboxylic acids is 2. The molecule has 33 heavy (non-hydrogen) atoms. The molecule has 0 bridgehead atoms. The van der Waals surface area contributed by atoms with Gasteiger partial charge in [-0.3, -0.25) is 9.59 Å². The largest absolute Gasteiger partial charge is 0.497 e. The average molecular weight is 456 g/mol. The van der Waals surface area contributed by atoms with E-state index in [-0.39, 0.29) is 17.0 Å². The molecule has 2 amide bonds. The third-order valence-corrected chi connectivity index (χ3v) is 6.27. The topological polar surface area (TPSA) is 79.5 Å². The SMILES string of the molecule is COc1ccc(NCCNC(=O)C(CC2CCCCC2)NC(=O)c2cccc(F)c2C)cc1. The average Bonchev–Trinajstić information content (AvgIpc) is 2.84. The summed E-state index contributed by atoms with van der Waals surface area (Å²) >= 11 is 0. The van der Waals surface area contributed by atoms with Crippen molar-refractivity contribution in [3.63, 3.8) is 0 Å². The van der Waals surface area contributed by atoms with E-state index in [9.17, 15) is 14.0 Å². The van der Waals surface area contributed by atoms with Gasteiger partial charge in [0.05, 0.1) is 7.11 Å². The van der Waals surface area contributed by atoms with Crippen LogP contribution in [-0.2, 0) is 4.79 Å². The molecule has 1 aliphatic rings. The van der Waals surface area contributed by atoms with E-state index in [0.717, 1.165) is 37.1 Å². The van der Waals surface area contributed by atoms with Crippen LogP contribution in [0.2, 0.25) is 0 Å². The lowest BCUT2D eigenvalue weighted by molar-refractivity contribution is -0.123. The molecule has 0 aliphatic heterocycles. The number of hydrogen-bond acceptors (Lipinski definition) is 4. The second kappa shape index (κ2) is 12.2. The maximum Gasteiger partial charge on any atom is 0.252 e. The van der Waals surface area contributed by atoms with Gasteiger partial charge in [0.2, 0.25) is 5.91 Å². The van der Waals surface area contributed by atoms with E-state index >= 15 is 0 Å². The third-order valence-electron chi connectivity index (χ3n) is 6.27. The predicted octanol–water partition coefficient (Wildman–Crippen LogP) is 4.44. The fourth-order valence-corrected chi connectivity index (χ4v) is 4.30. The van der Waals surface area contributed by atoms with Gasteiger partial charge in [0.1, 0.15) is 17.6 Å². The second-order valence-corrected chi connectivity index (χ2v) is 8.62. The van der Waals surface area contributed by atoms with Crippen LogP contribution < -0.4 is 20.7 Å². The summed E-state index contributed by atoms with van der Waals surface area (Å²) < 4.78 is 19.1. The summed E-state index contributed by atoms with van der Waals surface area (Å²) in [4.78, 5) is 25.8. The van der Waals surface area contributed by atoms with E-state index < -0.39 is 17.8 Å². The Morgan fingerprint density at radius 3 is 2.48 bits per heavy atom. The minimum atomic E-state index is -0.649. The van der Waals surface area contributed by atoms with E-state index in [1.54, 1.807) is 20.1 Å². The summed E-state index contributed by atoms with van der Waals surface area (Å²) in [5.74, 6) is 0.129. The summed E-state index contributed by atoms with van der Waals surface area (Å²) in [5.41, 5.74) is 1.48. The summed E-state index contributed by atoms with van der Waals surface area (Å²) in [6, 6.07) is 11.3. The van der Waals surface area contributed by atoms with Crippen LogP contribution in [0.15, 0.2) is 42.5 Å². The number of amides is 2. The fraction of sp³-hybridized carbons (Fsp3) is 0.462. The minimum Gasteiger partial charge on any atom is -0.497 e. The molecule has 2 aromatic rings. The van der Waals surface area contributed by atoms with Crippen LogP contribution in [0.3, 0.4) is 0 Å². The van der Waals surface area contributed by atoms with Crippen molar-refractivity contribution in [1.82, 2.24) is 10.6 Å². The first-order chi connectivity index (χ1) is 16.0. The van der Waals surface area contributed by atoms with Gasteiger partial charge < -0.3 is 20.7 Å². The zero-order chi connectivity index (χ0) is 23.6. The minimum absolute atomic E-state index is 0.209. The van der Waals surface area contributed by atoms with Gasteiger partial charge in [-0.05, 0) is 61.2 Å². The molecule has 0 aromatic heterocycles. The Balaban J connectivity index is 1.57. The van der Waals surface area contributed by atoms with Crippen molar-refractivity contribution in [1.29, 1.82) is 0 Å². The van der Waals surface area contributed by atoms with Crippen molar-refractivity contribution in [2.45, 2.75) is 51.5 Å². The van der Waals surface area contributed by atoms with E-state index in [2.05, 4.69) is 16.0 Å². The Labute approximate surface area is 195 Å². The molecule has 6 nitrogen and oxygen atoms in total. The molecule has 2 aromatic carbocycles. The number of ether oxygens (including phenoxy) is 1. The number of methoxy groups -OCH3 is 1. The smallest absolute Gasteiger partial charge is 0.252 e. The van der Waals surface area contributed by atoms with Crippen LogP contribution in [0, 0.1) is 18.7 Å². The van der Waals surface area contributed by atoms with Gasteiger partial charge in [-0.15, -0.1) is 0 Å². The van der Waals surface area contributed by atoms with Crippen molar-refractivity contribution in [2.75, 3.05) is 25.5 Å². The van der Waals surface area contributed by atoms with Gasteiger partial charge in [0, 0.05) is 24.3 Å². The molecular weight excluding hydrogens is 421 g/mol. The number of carbonyl (C=O) groups is 2. The summed E-state index contributed by atoms with van der Waals surface area (Å²) in [6.45, 7) is 2.54. The Bertz CT molecular complexity index is 927. The molecule has 178 valence electrons. The number of benzene rings is 2. The number of rotatable bonds is 10. The third kappa shape index (κ3) is 7.20. The molecular formula is C26H34FN3O3. The molecule has 1 saturated carbocycles. The summed E-state index contributed by atoms with van der Waals surface area (Å²) in [6.07, 6.45) is 6.26. The van der Waals surface area contributed by atoms with Gasteiger partial charge in [0.15, 0.2) is 0 Å². The van der Waals surface area contributed by atoms with Crippen molar-refractivity contribution in [2.24, 2.45) is 5.92 Å². The maximum atomic E-state index is 13.9. The second-order valence-electron chi connectivity index (χ2n) is 8.62. The van der Waals surface area contributed by atoms with E-state index in [1.807, 2.05) is 24.3 Å². The van der Waals surface area contributed by atoms with Crippen molar-refractivity contribution in [3.05, 3.63) is 59.4 Å². The van der Waals surface area contributed by atoms with Crippen LogP contribution in [0.25, 0.3) is 0 Å². The molecule has 0 spiro atoms. The Morgan fingerprint density at radius 2 is 1.79 bits per heavy atom. The molecule has 1 aliphatic carbocycles. The monoisotopic (exact) mass is 455 g/mol. The first-order valence-electron chi connectivity index (χ1n) is 11.7. The highest BCUT2D eigenvalue weighted by Gasteiger charge is 2.26. The Hall–Kier alpha value is -3.09. The number of nitrogens with one attached hydrogen (secondary N) is 3. The summed E-state index contributed by atoms with van der Waals surface area (Å²) in [7, 11) is 1.62. The van der Waals surface area contributed by atoms with Gasteiger partial charge in [-0.1, -0.05) is 38.2 Å². The van der Waals surface area contributed by atoms with E-state index in [1.165, 1.54) is 18.6 Å². The first-order valence-corrected chi connectivity index (χ1v) is 11.7. The molecule has 0 saturated heterocycles. The molecule has 1 fully saturated rings. The highest BCUT2D eigenvalue weighted by Crippen LogP contribution is 2.27. The quantitative estimate of drug-likeness (QED) is 0.463. The molecule has 0 radical (unpaired) electrons. The highest BCUT2D eigenvalue weighted by atomic mass is 19.1. The van der Waals surface area contributed by atoms with Crippen LogP contribution in [0.1, 0.15) is 54.4 Å². The Morgan fingerprint density at radius 1 is 1.06 bits per heavy atom. The highest BCUT2D eigenvalue weighted by molar-refractivity contribution is 5.98. The fourth-order valence-electron chi connectivity index (χ4n) is 4.30. The van der Waals surface area contributed by atoms with E-state index in [0.29, 0.717) is 25.4 Å². The number of hydrogen-bond donors (Lipinski definition) is 3. The van der Waals surface area contributed by atoms with Crippen LogP contribution in [-0.4, -0.2) is 38.1 Å². The van der Waals surface area contributed by atoms with Gasteiger partial charge in [-0.2, -0.15) is 0 Å². The van der Waals surface area contributed by atoms with Crippen molar-refractivity contribution >= 4 is 17.5 Å². The zero-order valence-corrected chi connectivity index (χ0v) is 19.5. The maximum absolute atomic E-state index is 13.9.